The molecule has 3 aromatic carbocycles. The van der Waals surface area contributed by atoms with Gasteiger partial charge in [-0.3, -0.25) is 9.59 Å². The number of hydrogen-bond donors (Lipinski definition) is 1. The minimum atomic E-state index is -0.671. The topological polar surface area (TPSA) is 66.8 Å². The molecule has 1 aliphatic rings. The highest BCUT2D eigenvalue weighted by Crippen LogP contribution is 2.39. The number of ketones is 1. The highest BCUT2D eigenvalue weighted by Gasteiger charge is 2.45. The summed E-state index contributed by atoms with van der Waals surface area (Å²) in [6, 6.07) is 25.3. The van der Waals surface area contributed by atoms with Crippen LogP contribution in [0.25, 0.3) is 5.76 Å². The zero-order valence-corrected chi connectivity index (χ0v) is 17.2. The zero-order valence-electron chi connectivity index (χ0n) is 17.2. The average molecular weight is 413 g/mol. The Kier molecular flexibility index (Phi) is 5.85. The van der Waals surface area contributed by atoms with Crippen LogP contribution in [0.1, 0.15) is 22.7 Å². The predicted octanol–water partition coefficient (Wildman–Crippen LogP) is 4.36. The first kappa shape index (κ1) is 20.4. The molecular formula is C26H23NO4. The third-order valence-corrected chi connectivity index (χ3v) is 5.50. The molecule has 0 saturated carbocycles. The molecule has 0 spiro atoms. The molecule has 4 rings (SSSR count). The van der Waals surface area contributed by atoms with Crippen LogP contribution in [-0.4, -0.2) is 35.4 Å². The second-order valence-corrected chi connectivity index (χ2v) is 7.37. The van der Waals surface area contributed by atoms with Crippen LogP contribution in [0, 0.1) is 0 Å². The average Bonchev–Trinajstić information content (AvgIpc) is 3.08. The number of ether oxygens (including phenoxy) is 1. The van der Waals surface area contributed by atoms with Crippen molar-refractivity contribution in [2.75, 3.05) is 13.7 Å². The number of Topliss-reactive ketones (excluding diaryl/α,β-unsaturated/α-hetero) is 1. The zero-order chi connectivity index (χ0) is 21.8. The summed E-state index contributed by atoms with van der Waals surface area (Å²) in [5.74, 6) is -0.813. The summed E-state index contributed by atoms with van der Waals surface area (Å²) in [5.41, 5.74) is 2.42. The Balaban J connectivity index is 1.75. The van der Waals surface area contributed by atoms with Gasteiger partial charge in [0.2, 0.25) is 0 Å². The Morgan fingerprint density at radius 2 is 1.52 bits per heavy atom. The van der Waals surface area contributed by atoms with Gasteiger partial charge in [0.25, 0.3) is 11.7 Å². The standard InChI is InChI=1S/C26H23NO4/c1-31-21-14-12-20(13-15-21)24(28)22-23(19-10-6-3-7-11-19)27(26(30)25(22)29)17-16-18-8-4-2-5-9-18/h2-15,23,28H,16-17H2,1H3/b24-22-. The van der Waals surface area contributed by atoms with E-state index in [1.165, 1.54) is 0 Å². The molecule has 0 bridgehead atoms. The number of methoxy groups -OCH3 is 1. The second-order valence-electron chi connectivity index (χ2n) is 7.37. The van der Waals surface area contributed by atoms with Crippen LogP contribution in [-0.2, 0) is 16.0 Å². The van der Waals surface area contributed by atoms with Crippen molar-refractivity contribution in [1.29, 1.82) is 0 Å². The monoisotopic (exact) mass is 413 g/mol. The van der Waals surface area contributed by atoms with Crippen LogP contribution in [0.2, 0.25) is 0 Å². The Morgan fingerprint density at radius 1 is 0.903 bits per heavy atom. The van der Waals surface area contributed by atoms with E-state index in [-0.39, 0.29) is 11.3 Å². The van der Waals surface area contributed by atoms with Crippen LogP contribution in [0.3, 0.4) is 0 Å². The summed E-state index contributed by atoms with van der Waals surface area (Å²) in [5, 5.41) is 11.0. The third kappa shape index (κ3) is 4.08. The fourth-order valence-electron chi connectivity index (χ4n) is 3.89. The summed E-state index contributed by atoms with van der Waals surface area (Å²) < 4.78 is 5.17. The molecule has 1 saturated heterocycles. The molecule has 156 valence electrons. The lowest BCUT2D eigenvalue weighted by atomic mass is 9.95. The van der Waals surface area contributed by atoms with Gasteiger partial charge in [-0.25, -0.2) is 0 Å². The van der Waals surface area contributed by atoms with Crippen LogP contribution in [0.5, 0.6) is 5.75 Å². The predicted molar refractivity (Wildman–Crippen MR) is 119 cm³/mol. The number of carbonyl (C=O) groups is 2. The molecule has 0 aliphatic carbocycles. The molecule has 1 fully saturated rings. The molecule has 1 amide bonds. The van der Waals surface area contributed by atoms with Crippen molar-refractivity contribution in [2.24, 2.45) is 0 Å². The number of aliphatic hydroxyl groups is 1. The van der Waals surface area contributed by atoms with Gasteiger partial charge in [0.1, 0.15) is 11.5 Å². The van der Waals surface area contributed by atoms with E-state index >= 15 is 0 Å². The Bertz CT molecular complexity index is 1110. The summed E-state index contributed by atoms with van der Waals surface area (Å²) in [6.07, 6.45) is 0.611. The van der Waals surface area contributed by atoms with Gasteiger partial charge in [-0.2, -0.15) is 0 Å². The van der Waals surface area contributed by atoms with E-state index in [0.29, 0.717) is 24.3 Å². The largest absolute Gasteiger partial charge is 0.507 e. The quantitative estimate of drug-likeness (QED) is 0.370. The van der Waals surface area contributed by atoms with Crippen LogP contribution in [0.15, 0.2) is 90.5 Å². The molecule has 1 aliphatic heterocycles. The number of rotatable bonds is 6. The van der Waals surface area contributed by atoms with Gasteiger partial charge in [-0.05, 0) is 41.8 Å². The van der Waals surface area contributed by atoms with Crippen LogP contribution >= 0.6 is 0 Å². The lowest BCUT2D eigenvalue weighted by Crippen LogP contribution is -2.31. The lowest BCUT2D eigenvalue weighted by Gasteiger charge is -2.25. The molecule has 1 heterocycles. The van der Waals surface area contributed by atoms with E-state index in [1.807, 2.05) is 60.7 Å². The molecular weight excluding hydrogens is 390 g/mol. The van der Waals surface area contributed by atoms with Gasteiger partial charge in [-0.15, -0.1) is 0 Å². The highest BCUT2D eigenvalue weighted by atomic mass is 16.5. The number of nitrogens with zero attached hydrogens (tertiary/aromatic N) is 1. The van der Waals surface area contributed by atoms with Gasteiger partial charge in [0.15, 0.2) is 0 Å². The molecule has 5 heteroatoms. The molecule has 1 unspecified atom stereocenters. The van der Waals surface area contributed by atoms with Gasteiger partial charge >= 0.3 is 0 Å². The van der Waals surface area contributed by atoms with Crippen molar-refractivity contribution >= 4 is 17.4 Å². The van der Waals surface area contributed by atoms with E-state index in [4.69, 9.17) is 4.74 Å². The van der Waals surface area contributed by atoms with E-state index in [1.54, 1.807) is 36.3 Å². The molecule has 1 atom stereocenters. The van der Waals surface area contributed by atoms with E-state index in [2.05, 4.69) is 0 Å². The number of likely N-dealkylation sites (tertiary alicyclic amines) is 1. The van der Waals surface area contributed by atoms with Gasteiger partial charge < -0.3 is 14.7 Å². The van der Waals surface area contributed by atoms with E-state index in [9.17, 15) is 14.7 Å². The van der Waals surface area contributed by atoms with Crippen molar-refractivity contribution in [3.05, 3.63) is 107 Å². The van der Waals surface area contributed by atoms with E-state index in [0.717, 1.165) is 11.1 Å². The third-order valence-electron chi connectivity index (χ3n) is 5.50. The molecule has 0 radical (unpaired) electrons. The maximum Gasteiger partial charge on any atom is 0.295 e. The van der Waals surface area contributed by atoms with E-state index < -0.39 is 17.7 Å². The fourth-order valence-corrected chi connectivity index (χ4v) is 3.89. The number of amides is 1. The maximum atomic E-state index is 13.0. The highest BCUT2D eigenvalue weighted by molar-refractivity contribution is 6.46. The fraction of sp³-hybridized carbons (Fsp3) is 0.154. The summed E-state index contributed by atoms with van der Waals surface area (Å²) in [4.78, 5) is 27.5. The number of hydrogen-bond acceptors (Lipinski definition) is 4. The molecule has 0 aromatic heterocycles. The smallest absolute Gasteiger partial charge is 0.295 e. The van der Waals surface area contributed by atoms with Crippen molar-refractivity contribution in [3.8, 4) is 5.75 Å². The molecule has 1 N–H and O–H groups in total. The van der Waals surface area contributed by atoms with Gasteiger partial charge in [-0.1, -0.05) is 60.7 Å². The molecule has 5 nitrogen and oxygen atoms in total. The minimum absolute atomic E-state index is 0.106. The van der Waals surface area contributed by atoms with Crippen molar-refractivity contribution in [1.82, 2.24) is 4.90 Å². The normalized spacial score (nSPS) is 17.7. The van der Waals surface area contributed by atoms with Crippen molar-refractivity contribution < 1.29 is 19.4 Å². The summed E-state index contributed by atoms with van der Waals surface area (Å²) >= 11 is 0. The summed E-state index contributed by atoms with van der Waals surface area (Å²) in [7, 11) is 1.56. The lowest BCUT2D eigenvalue weighted by molar-refractivity contribution is -0.139. The second kappa shape index (κ2) is 8.88. The Labute approximate surface area is 181 Å². The molecule has 31 heavy (non-hydrogen) atoms. The summed E-state index contributed by atoms with van der Waals surface area (Å²) in [6.45, 7) is 0.369. The Morgan fingerprint density at radius 3 is 2.13 bits per heavy atom. The van der Waals surface area contributed by atoms with Crippen LogP contribution in [0.4, 0.5) is 0 Å². The first-order valence-electron chi connectivity index (χ1n) is 10.1. The maximum absolute atomic E-state index is 13.0. The van der Waals surface area contributed by atoms with Crippen molar-refractivity contribution in [3.63, 3.8) is 0 Å². The number of benzene rings is 3. The van der Waals surface area contributed by atoms with Gasteiger partial charge in [0.05, 0.1) is 18.7 Å². The van der Waals surface area contributed by atoms with Crippen LogP contribution < -0.4 is 4.74 Å². The Hall–Kier alpha value is -3.86. The SMILES string of the molecule is COc1ccc(/C(O)=C2/C(=O)C(=O)N(CCc3ccccc3)C2c2ccccc2)cc1. The molecule has 3 aromatic rings. The minimum Gasteiger partial charge on any atom is -0.507 e. The van der Waals surface area contributed by atoms with Crippen molar-refractivity contribution in [2.45, 2.75) is 12.5 Å². The van der Waals surface area contributed by atoms with Gasteiger partial charge in [0, 0.05) is 12.1 Å². The number of aliphatic hydroxyl groups excluding tert-OH is 1. The first-order valence-corrected chi connectivity index (χ1v) is 10.1. The first-order chi connectivity index (χ1) is 15.1. The number of carbonyl (C=O) groups excluding carboxylic acids is 2.